The van der Waals surface area contributed by atoms with Crippen molar-refractivity contribution in [2.45, 2.75) is 6.61 Å². The van der Waals surface area contributed by atoms with Crippen LogP contribution in [0, 0.1) is 0 Å². The van der Waals surface area contributed by atoms with Crippen LogP contribution < -0.4 is 5.48 Å². The molecule has 0 bridgehead atoms. The lowest BCUT2D eigenvalue weighted by Gasteiger charge is -2.04. The zero-order valence-electron chi connectivity index (χ0n) is 8.85. The second-order valence-electron chi connectivity index (χ2n) is 3.31. The van der Waals surface area contributed by atoms with E-state index in [9.17, 15) is 4.79 Å². The van der Waals surface area contributed by atoms with Crippen LogP contribution in [0.2, 0.25) is 0 Å². The molecule has 2 aromatic rings. The highest BCUT2D eigenvalue weighted by Gasteiger charge is 2.07. The van der Waals surface area contributed by atoms with Gasteiger partial charge in [0.1, 0.15) is 0 Å². The zero-order valence-corrected chi connectivity index (χ0v) is 11.3. The third-order valence-electron chi connectivity index (χ3n) is 2.04. The Labute approximate surface area is 112 Å². The van der Waals surface area contributed by atoms with E-state index < -0.39 is 0 Å². The minimum Gasteiger partial charge on any atom is -0.269 e. The molecule has 0 saturated heterocycles. The lowest BCUT2D eigenvalue weighted by molar-refractivity contribution is 0.0237. The van der Waals surface area contributed by atoms with Crippen molar-refractivity contribution in [2.24, 2.45) is 0 Å². The fourth-order valence-corrected chi connectivity index (χ4v) is 2.52. The summed E-state index contributed by atoms with van der Waals surface area (Å²) in [5, 5.41) is 0. The van der Waals surface area contributed by atoms with E-state index in [4.69, 9.17) is 4.84 Å². The first-order chi connectivity index (χ1) is 8.25. The van der Waals surface area contributed by atoms with Crippen LogP contribution in [-0.4, -0.2) is 5.91 Å². The van der Waals surface area contributed by atoms with Gasteiger partial charge in [0.05, 0.1) is 15.3 Å². The lowest BCUT2D eigenvalue weighted by Crippen LogP contribution is -2.22. The Morgan fingerprint density at radius 2 is 2.00 bits per heavy atom. The van der Waals surface area contributed by atoms with E-state index in [2.05, 4.69) is 21.4 Å². The van der Waals surface area contributed by atoms with Crippen molar-refractivity contribution in [1.82, 2.24) is 5.48 Å². The van der Waals surface area contributed by atoms with Crippen molar-refractivity contribution < 1.29 is 9.63 Å². The molecule has 1 aromatic heterocycles. The Morgan fingerprint density at radius 3 is 2.65 bits per heavy atom. The van der Waals surface area contributed by atoms with Gasteiger partial charge in [-0.05, 0) is 33.6 Å². The molecule has 3 nitrogen and oxygen atoms in total. The van der Waals surface area contributed by atoms with E-state index in [0.717, 1.165) is 9.35 Å². The maximum Gasteiger partial charge on any atom is 0.284 e. The molecule has 17 heavy (non-hydrogen) atoms. The number of halogens is 1. The average Bonchev–Trinajstić information content (AvgIpc) is 2.77. The monoisotopic (exact) mass is 311 g/mol. The molecule has 0 unspecified atom stereocenters. The summed E-state index contributed by atoms with van der Waals surface area (Å²) in [5.74, 6) is -0.225. The summed E-state index contributed by atoms with van der Waals surface area (Å²) < 4.78 is 0.922. The van der Waals surface area contributed by atoms with Gasteiger partial charge in [0.25, 0.3) is 5.91 Å². The summed E-state index contributed by atoms with van der Waals surface area (Å²) in [5.41, 5.74) is 3.43. The first kappa shape index (κ1) is 12.3. The topological polar surface area (TPSA) is 38.3 Å². The smallest absolute Gasteiger partial charge is 0.269 e. The van der Waals surface area contributed by atoms with Gasteiger partial charge in [-0.1, -0.05) is 30.3 Å². The van der Waals surface area contributed by atoms with E-state index in [0.29, 0.717) is 11.5 Å². The molecule has 88 valence electrons. The molecule has 0 atom stereocenters. The first-order valence-electron chi connectivity index (χ1n) is 4.97. The molecular weight excluding hydrogens is 302 g/mol. The van der Waals surface area contributed by atoms with E-state index in [1.165, 1.54) is 11.3 Å². The van der Waals surface area contributed by atoms with Crippen molar-refractivity contribution in [2.75, 3.05) is 0 Å². The van der Waals surface area contributed by atoms with Crippen molar-refractivity contribution in [3.63, 3.8) is 0 Å². The highest BCUT2D eigenvalue weighted by molar-refractivity contribution is 9.11. The fraction of sp³-hybridized carbons (Fsp3) is 0.0833. The largest absolute Gasteiger partial charge is 0.284 e. The number of hydroxylamine groups is 1. The normalized spacial score (nSPS) is 10.2. The third-order valence-corrected chi connectivity index (χ3v) is 3.67. The minimum atomic E-state index is -0.225. The van der Waals surface area contributed by atoms with Crippen LogP contribution in [0.25, 0.3) is 0 Å². The molecule has 0 aliphatic heterocycles. The van der Waals surface area contributed by atoms with Gasteiger partial charge in [-0.2, -0.15) is 0 Å². The molecule has 1 aromatic carbocycles. The van der Waals surface area contributed by atoms with Gasteiger partial charge in [-0.25, -0.2) is 5.48 Å². The Hall–Kier alpha value is -1.17. The quantitative estimate of drug-likeness (QED) is 0.879. The van der Waals surface area contributed by atoms with Gasteiger partial charge in [0.15, 0.2) is 0 Å². The summed E-state index contributed by atoms with van der Waals surface area (Å²) in [6.45, 7) is 0.360. The van der Waals surface area contributed by atoms with Crippen LogP contribution in [0.5, 0.6) is 0 Å². The SMILES string of the molecule is O=C(NOCc1ccccc1)c1ccc(Br)s1. The van der Waals surface area contributed by atoms with Crippen molar-refractivity contribution in [3.8, 4) is 0 Å². The van der Waals surface area contributed by atoms with E-state index in [1.807, 2.05) is 36.4 Å². The number of nitrogens with one attached hydrogen (secondary N) is 1. The number of amides is 1. The summed E-state index contributed by atoms with van der Waals surface area (Å²) in [6, 6.07) is 13.2. The summed E-state index contributed by atoms with van der Waals surface area (Å²) >= 11 is 4.67. The van der Waals surface area contributed by atoms with Gasteiger partial charge >= 0.3 is 0 Å². The number of hydrogen-bond donors (Lipinski definition) is 1. The summed E-state index contributed by atoms with van der Waals surface area (Å²) in [4.78, 5) is 17.4. The van der Waals surface area contributed by atoms with Crippen LogP contribution in [0.4, 0.5) is 0 Å². The maximum absolute atomic E-state index is 11.6. The van der Waals surface area contributed by atoms with Crippen LogP contribution >= 0.6 is 27.3 Å². The van der Waals surface area contributed by atoms with E-state index >= 15 is 0 Å². The number of thiophene rings is 1. The fourth-order valence-electron chi connectivity index (χ4n) is 1.25. The molecule has 1 N–H and O–H groups in total. The van der Waals surface area contributed by atoms with Crippen molar-refractivity contribution in [1.29, 1.82) is 0 Å². The van der Waals surface area contributed by atoms with Crippen LogP contribution in [0.3, 0.4) is 0 Å². The molecule has 0 aliphatic rings. The van der Waals surface area contributed by atoms with Crippen LogP contribution in [0.15, 0.2) is 46.3 Å². The molecule has 1 amide bonds. The van der Waals surface area contributed by atoms with Crippen molar-refractivity contribution in [3.05, 3.63) is 56.7 Å². The molecule has 0 fully saturated rings. The molecular formula is C12H10BrNO2S. The predicted molar refractivity (Wildman–Crippen MR) is 70.7 cm³/mol. The van der Waals surface area contributed by atoms with Gasteiger partial charge < -0.3 is 0 Å². The number of carbonyl (C=O) groups excluding carboxylic acids is 1. The van der Waals surface area contributed by atoms with E-state index in [1.54, 1.807) is 6.07 Å². The number of rotatable bonds is 4. The first-order valence-corrected chi connectivity index (χ1v) is 6.58. The van der Waals surface area contributed by atoms with Crippen LogP contribution in [0.1, 0.15) is 15.2 Å². The molecule has 0 radical (unpaired) electrons. The maximum atomic E-state index is 11.6. The molecule has 0 saturated carbocycles. The molecule has 2 rings (SSSR count). The third kappa shape index (κ3) is 3.66. The second-order valence-corrected chi connectivity index (χ2v) is 5.77. The Morgan fingerprint density at radius 1 is 1.24 bits per heavy atom. The number of hydrogen-bond acceptors (Lipinski definition) is 3. The van der Waals surface area contributed by atoms with E-state index in [-0.39, 0.29) is 5.91 Å². The van der Waals surface area contributed by atoms with Crippen LogP contribution in [-0.2, 0) is 11.4 Å². The summed E-state index contributed by atoms with van der Waals surface area (Å²) in [7, 11) is 0. The minimum absolute atomic E-state index is 0.225. The Balaban J connectivity index is 1.81. The van der Waals surface area contributed by atoms with Gasteiger partial charge in [-0.15, -0.1) is 11.3 Å². The number of carbonyl (C=O) groups is 1. The summed E-state index contributed by atoms with van der Waals surface area (Å²) in [6.07, 6.45) is 0. The Bertz CT molecular complexity index is 498. The van der Waals surface area contributed by atoms with Gasteiger partial charge in [0, 0.05) is 0 Å². The van der Waals surface area contributed by atoms with Gasteiger partial charge in [-0.3, -0.25) is 9.63 Å². The zero-order chi connectivity index (χ0) is 12.1. The Kier molecular flexibility index (Phi) is 4.30. The lowest BCUT2D eigenvalue weighted by atomic mass is 10.2. The average molecular weight is 312 g/mol. The number of benzene rings is 1. The highest BCUT2D eigenvalue weighted by Crippen LogP contribution is 2.21. The highest BCUT2D eigenvalue weighted by atomic mass is 79.9. The standard InChI is InChI=1S/C12H10BrNO2S/c13-11-7-6-10(17-11)12(15)14-16-8-9-4-2-1-3-5-9/h1-7H,8H2,(H,14,15). The molecule has 1 heterocycles. The molecule has 0 aliphatic carbocycles. The second kappa shape index (κ2) is 5.95. The molecule has 5 heteroatoms. The predicted octanol–water partition coefficient (Wildman–Crippen LogP) is 3.37. The molecule has 0 spiro atoms. The van der Waals surface area contributed by atoms with Gasteiger partial charge in [0.2, 0.25) is 0 Å². The van der Waals surface area contributed by atoms with Crippen molar-refractivity contribution >= 4 is 33.2 Å².